The maximum Gasteiger partial charge on any atom is 0.222 e. The second kappa shape index (κ2) is 7.74. The number of nitrogens with two attached hydrogens (primary N) is 1. The van der Waals surface area contributed by atoms with Crippen molar-refractivity contribution in [2.24, 2.45) is 5.73 Å². The Morgan fingerprint density at radius 3 is 1.95 bits per heavy atom. The van der Waals surface area contributed by atoms with Gasteiger partial charge in [-0.2, -0.15) is 0 Å². The molecule has 2 N–H and O–H groups in total. The maximum atomic E-state index is 11.9. The zero-order valence-electron chi connectivity index (χ0n) is 12.0. The second-order valence-corrected chi connectivity index (χ2v) is 6.55. The Balaban J connectivity index is 2.35. The first-order valence-corrected chi connectivity index (χ1v) is 8.28. The first-order valence-electron chi connectivity index (χ1n) is 6.93. The quantitative estimate of drug-likeness (QED) is 0.695. The number of carbonyl (C=O) groups is 1. The van der Waals surface area contributed by atoms with Crippen LogP contribution in [0, 0.1) is 11.6 Å². The molecule has 2 nitrogen and oxygen atoms in total. The maximum absolute atomic E-state index is 11.9. The Kier molecular flexibility index (Phi) is 5.69. The molecule has 0 fully saturated rings. The van der Waals surface area contributed by atoms with E-state index in [0.29, 0.717) is 6.42 Å². The summed E-state index contributed by atoms with van der Waals surface area (Å²) >= 11 is 0. The summed E-state index contributed by atoms with van der Waals surface area (Å²) in [7, 11) is -0.851. The van der Waals surface area contributed by atoms with Crippen molar-refractivity contribution in [3.05, 3.63) is 60.7 Å². The summed E-state index contributed by atoms with van der Waals surface area (Å²) in [5, 5.41) is 2.29. The Morgan fingerprint density at radius 1 is 1.05 bits per heavy atom. The summed E-state index contributed by atoms with van der Waals surface area (Å²) < 4.78 is 0. The molecule has 106 valence electrons. The molecule has 3 heteroatoms. The van der Waals surface area contributed by atoms with Crippen LogP contribution < -0.4 is 16.3 Å². The lowest BCUT2D eigenvalue weighted by atomic mass is 10.2. The van der Waals surface area contributed by atoms with Crippen molar-refractivity contribution in [3.63, 3.8) is 0 Å². The third kappa shape index (κ3) is 4.26. The summed E-state index contributed by atoms with van der Waals surface area (Å²) in [6.07, 6.45) is 0.613. The molecule has 0 radical (unpaired) electrons. The zero-order valence-corrected chi connectivity index (χ0v) is 12.9. The highest BCUT2D eigenvalue weighted by Gasteiger charge is 2.12. The zero-order chi connectivity index (χ0) is 15.1. The smallest absolute Gasteiger partial charge is 0.222 e. The van der Waals surface area contributed by atoms with Crippen LogP contribution in [0.1, 0.15) is 13.3 Å². The molecule has 2 aromatic carbocycles. The van der Waals surface area contributed by atoms with Gasteiger partial charge >= 0.3 is 0 Å². The highest BCUT2D eigenvalue weighted by molar-refractivity contribution is 7.77. The predicted molar refractivity (Wildman–Crippen MR) is 90.1 cm³/mol. The largest absolute Gasteiger partial charge is 0.321 e. The van der Waals surface area contributed by atoms with Gasteiger partial charge in [0.1, 0.15) is 0 Å². The SMILES string of the molecule is CCC(N)C(=O)C#CP(c1ccccc1)c1ccccc1. The fourth-order valence-corrected chi connectivity index (χ4v) is 3.54. The minimum absolute atomic E-state index is 0.183. The van der Waals surface area contributed by atoms with Crippen LogP contribution in [0.3, 0.4) is 0 Å². The van der Waals surface area contributed by atoms with E-state index in [1.54, 1.807) is 0 Å². The topological polar surface area (TPSA) is 43.1 Å². The summed E-state index contributed by atoms with van der Waals surface area (Å²) in [5.74, 6) is 2.56. The molecule has 21 heavy (non-hydrogen) atoms. The average Bonchev–Trinajstić information content (AvgIpc) is 2.56. The van der Waals surface area contributed by atoms with Gasteiger partial charge in [0, 0.05) is 7.92 Å². The molecule has 2 rings (SSSR count). The number of hydrogen-bond donors (Lipinski definition) is 1. The van der Waals surface area contributed by atoms with E-state index < -0.39 is 14.0 Å². The molecule has 1 atom stereocenters. The van der Waals surface area contributed by atoms with Gasteiger partial charge in [-0.1, -0.05) is 73.2 Å². The van der Waals surface area contributed by atoms with Crippen molar-refractivity contribution in [3.8, 4) is 11.6 Å². The van der Waals surface area contributed by atoms with Crippen molar-refractivity contribution in [1.82, 2.24) is 0 Å². The Bertz CT molecular complexity index is 604. The molecule has 0 aliphatic rings. The van der Waals surface area contributed by atoms with Crippen molar-refractivity contribution in [2.45, 2.75) is 19.4 Å². The van der Waals surface area contributed by atoms with Crippen molar-refractivity contribution >= 4 is 24.3 Å². The molecule has 0 saturated heterocycles. The van der Waals surface area contributed by atoms with E-state index in [9.17, 15) is 4.79 Å². The van der Waals surface area contributed by atoms with Crippen LogP contribution in [-0.4, -0.2) is 11.8 Å². The van der Waals surface area contributed by atoms with Gasteiger partial charge in [0.15, 0.2) is 0 Å². The molecule has 0 amide bonds. The molecule has 2 aromatic rings. The molecule has 0 spiro atoms. The molecule has 0 aromatic heterocycles. The lowest BCUT2D eigenvalue weighted by Gasteiger charge is -2.11. The molecule has 1 unspecified atom stereocenters. The van der Waals surface area contributed by atoms with Gasteiger partial charge in [-0.25, -0.2) is 0 Å². The number of hydrogen-bond acceptors (Lipinski definition) is 2. The van der Waals surface area contributed by atoms with Gasteiger partial charge in [-0.05, 0) is 23.0 Å². The highest BCUT2D eigenvalue weighted by atomic mass is 31.1. The lowest BCUT2D eigenvalue weighted by molar-refractivity contribution is -0.115. The van der Waals surface area contributed by atoms with E-state index in [2.05, 4.69) is 35.8 Å². The van der Waals surface area contributed by atoms with Crippen LogP contribution in [-0.2, 0) is 4.79 Å². The standard InChI is InChI=1S/C18H18NOP/c1-2-17(19)18(20)13-14-21(15-9-5-3-6-10-15)16-11-7-4-8-12-16/h3-12,17H,2,19H2,1H3. The molecule has 0 saturated carbocycles. The van der Waals surface area contributed by atoms with E-state index >= 15 is 0 Å². The number of carbonyl (C=O) groups excluding carboxylic acids is 1. The van der Waals surface area contributed by atoms with E-state index in [1.165, 1.54) is 0 Å². The van der Waals surface area contributed by atoms with Gasteiger partial charge < -0.3 is 5.73 Å². The number of benzene rings is 2. The monoisotopic (exact) mass is 295 g/mol. The van der Waals surface area contributed by atoms with Crippen molar-refractivity contribution in [2.75, 3.05) is 0 Å². The van der Waals surface area contributed by atoms with Gasteiger partial charge in [0.25, 0.3) is 0 Å². The van der Waals surface area contributed by atoms with Crippen LogP contribution in [0.2, 0.25) is 0 Å². The molecule has 0 aliphatic carbocycles. The minimum Gasteiger partial charge on any atom is -0.321 e. The summed E-state index contributed by atoms with van der Waals surface area (Å²) in [6.45, 7) is 1.89. The number of Topliss-reactive ketones (excluding diaryl/α,β-unsaturated/α-hetero) is 1. The second-order valence-electron chi connectivity index (χ2n) is 4.62. The van der Waals surface area contributed by atoms with Gasteiger partial charge in [0.05, 0.1) is 6.04 Å². The first-order chi connectivity index (χ1) is 10.2. The molecule has 0 aliphatic heterocycles. The van der Waals surface area contributed by atoms with E-state index in [-0.39, 0.29) is 5.78 Å². The minimum atomic E-state index is -0.851. The summed E-state index contributed by atoms with van der Waals surface area (Å²) in [5.41, 5.74) is 8.89. The fraction of sp³-hybridized carbons (Fsp3) is 0.167. The molecule has 0 bridgehead atoms. The molecule has 0 heterocycles. The van der Waals surface area contributed by atoms with Crippen LogP contribution in [0.15, 0.2) is 60.7 Å². The third-order valence-electron chi connectivity index (χ3n) is 3.10. The van der Waals surface area contributed by atoms with Crippen LogP contribution in [0.4, 0.5) is 0 Å². The van der Waals surface area contributed by atoms with Crippen LogP contribution >= 0.6 is 7.92 Å². The van der Waals surface area contributed by atoms with Gasteiger partial charge in [-0.3, -0.25) is 4.79 Å². The fourth-order valence-electron chi connectivity index (χ4n) is 1.82. The van der Waals surface area contributed by atoms with Crippen molar-refractivity contribution in [1.29, 1.82) is 0 Å². The van der Waals surface area contributed by atoms with Gasteiger partial charge in [0.2, 0.25) is 5.78 Å². The van der Waals surface area contributed by atoms with Crippen LogP contribution in [0.25, 0.3) is 0 Å². The van der Waals surface area contributed by atoms with E-state index in [0.717, 1.165) is 10.6 Å². The number of ketones is 1. The predicted octanol–water partition coefficient (Wildman–Crippen LogP) is 2.39. The molecular formula is C18H18NOP. The third-order valence-corrected chi connectivity index (χ3v) is 5.06. The lowest BCUT2D eigenvalue weighted by Crippen LogP contribution is -2.28. The first kappa shape index (κ1) is 15.4. The van der Waals surface area contributed by atoms with Crippen molar-refractivity contribution < 1.29 is 4.79 Å². The van der Waals surface area contributed by atoms with Crippen LogP contribution in [0.5, 0.6) is 0 Å². The Hall–Kier alpha value is -1.94. The van der Waals surface area contributed by atoms with Gasteiger partial charge in [-0.15, -0.1) is 0 Å². The number of rotatable bonds is 4. The van der Waals surface area contributed by atoms with E-state index in [1.807, 2.05) is 43.3 Å². The highest BCUT2D eigenvalue weighted by Crippen LogP contribution is 2.31. The average molecular weight is 295 g/mol. The molecular weight excluding hydrogens is 277 g/mol. The summed E-state index contributed by atoms with van der Waals surface area (Å²) in [6, 6.07) is 19.7. The van der Waals surface area contributed by atoms with E-state index in [4.69, 9.17) is 5.73 Å². The Morgan fingerprint density at radius 2 is 1.52 bits per heavy atom. The normalized spacial score (nSPS) is 11.6. The summed E-state index contributed by atoms with van der Waals surface area (Å²) in [4.78, 5) is 11.9. The Labute approximate surface area is 127 Å².